The molecule has 0 spiro atoms. The van der Waals surface area contributed by atoms with Gasteiger partial charge in [-0.15, -0.1) is 0 Å². The van der Waals surface area contributed by atoms with Gasteiger partial charge in [-0.05, 0) is 66.3 Å². The number of thiazole rings is 1. The van der Waals surface area contributed by atoms with Crippen molar-refractivity contribution in [2.24, 2.45) is 4.99 Å². The number of rotatable bonds is 3. The first kappa shape index (κ1) is 23.2. The number of benzene rings is 3. The molecular formula is C32H23ClN2O2S. The number of aryl methyl sites for hydroxylation is 2. The van der Waals surface area contributed by atoms with Gasteiger partial charge in [0.25, 0.3) is 5.56 Å². The number of allylic oxidation sites excluding steroid dienone is 1. The summed E-state index contributed by atoms with van der Waals surface area (Å²) in [6.45, 7) is 2.02. The molecule has 186 valence electrons. The third kappa shape index (κ3) is 3.82. The van der Waals surface area contributed by atoms with E-state index in [4.69, 9.17) is 21.0 Å². The Balaban J connectivity index is 1.40. The third-order valence-corrected chi connectivity index (χ3v) is 8.57. The topological polar surface area (TPSA) is 47.5 Å². The summed E-state index contributed by atoms with van der Waals surface area (Å²) in [4.78, 5) is 19.7. The van der Waals surface area contributed by atoms with Crippen LogP contribution < -0.4 is 14.9 Å². The van der Waals surface area contributed by atoms with Crippen molar-refractivity contribution in [1.82, 2.24) is 4.57 Å². The second-order valence-electron chi connectivity index (χ2n) is 9.69. The molecule has 1 atom stereocenters. The molecule has 2 aromatic heterocycles. The zero-order valence-corrected chi connectivity index (χ0v) is 22.2. The lowest BCUT2D eigenvalue weighted by Crippen LogP contribution is -2.38. The van der Waals surface area contributed by atoms with Gasteiger partial charge < -0.3 is 4.42 Å². The molecule has 0 saturated carbocycles. The molecule has 38 heavy (non-hydrogen) atoms. The molecule has 0 bridgehead atoms. The number of fused-ring (bicyclic) bond motifs is 3. The summed E-state index contributed by atoms with van der Waals surface area (Å²) in [6.07, 6.45) is 3.64. The molecule has 2 aliphatic rings. The van der Waals surface area contributed by atoms with Gasteiger partial charge in [0.1, 0.15) is 11.5 Å². The average Bonchev–Trinajstić information content (AvgIpc) is 3.53. The quantitative estimate of drug-likeness (QED) is 0.264. The Morgan fingerprint density at radius 2 is 1.79 bits per heavy atom. The first-order valence-corrected chi connectivity index (χ1v) is 13.8. The second-order valence-corrected chi connectivity index (χ2v) is 11.1. The standard InChI is InChI=1S/C32H23ClN2O2S/c1-19-11-13-22(33)17-26(19)27-16-14-23(37-27)18-28-31(36)35-30(21-8-3-2-4-9-21)25-15-12-20-7-5-6-10-24(20)29(25)34-32(35)38-28/h2-11,13-14,16-18,30H,12,15H2,1H3/b28-18-/t30-/m1/s1. The summed E-state index contributed by atoms with van der Waals surface area (Å²) >= 11 is 7.63. The zero-order valence-electron chi connectivity index (χ0n) is 20.6. The highest BCUT2D eigenvalue weighted by Gasteiger charge is 2.32. The van der Waals surface area contributed by atoms with Crippen molar-refractivity contribution < 1.29 is 4.42 Å². The van der Waals surface area contributed by atoms with E-state index in [0.29, 0.717) is 20.1 Å². The van der Waals surface area contributed by atoms with Crippen molar-refractivity contribution in [2.45, 2.75) is 25.8 Å². The van der Waals surface area contributed by atoms with Gasteiger partial charge in [0.05, 0.1) is 16.3 Å². The molecule has 0 unspecified atom stereocenters. The van der Waals surface area contributed by atoms with E-state index in [1.54, 1.807) is 0 Å². The molecule has 0 amide bonds. The van der Waals surface area contributed by atoms with Gasteiger partial charge >= 0.3 is 0 Å². The van der Waals surface area contributed by atoms with E-state index in [1.807, 2.05) is 66.1 Å². The highest BCUT2D eigenvalue weighted by Crippen LogP contribution is 2.41. The van der Waals surface area contributed by atoms with Crippen LogP contribution in [0, 0.1) is 6.92 Å². The van der Waals surface area contributed by atoms with Crippen LogP contribution in [-0.4, -0.2) is 4.57 Å². The number of furan rings is 1. The summed E-state index contributed by atoms with van der Waals surface area (Å²) in [7, 11) is 0. The number of hydrogen-bond donors (Lipinski definition) is 0. The van der Waals surface area contributed by atoms with Gasteiger partial charge in [0, 0.05) is 22.2 Å². The maximum Gasteiger partial charge on any atom is 0.271 e. The van der Waals surface area contributed by atoms with Gasteiger partial charge in [-0.25, -0.2) is 4.99 Å². The highest BCUT2D eigenvalue weighted by molar-refractivity contribution is 7.07. The van der Waals surface area contributed by atoms with Crippen LogP contribution in [-0.2, 0) is 6.42 Å². The van der Waals surface area contributed by atoms with Gasteiger partial charge in [0.15, 0.2) is 4.80 Å². The van der Waals surface area contributed by atoms with E-state index in [1.165, 1.54) is 28.0 Å². The van der Waals surface area contributed by atoms with E-state index in [0.717, 1.165) is 41.0 Å². The minimum absolute atomic E-state index is 0.0510. The number of hydrogen-bond acceptors (Lipinski definition) is 4. The predicted octanol–water partition coefficient (Wildman–Crippen LogP) is 6.54. The Morgan fingerprint density at radius 3 is 2.66 bits per heavy atom. The van der Waals surface area contributed by atoms with Crippen molar-refractivity contribution in [2.75, 3.05) is 0 Å². The zero-order chi connectivity index (χ0) is 25.8. The largest absolute Gasteiger partial charge is 0.457 e. The summed E-state index contributed by atoms with van der Waals surface area (Å²) in [5.74, 6) is 1.34. The SMILES string of the molecule is Cc1ccc(Cl)cc1-c1ccc(/C=c2\sc3n(c2=O)[C@H](c2ccccc2)C2=C(N=3)c3ccccc3CC2)o1. The molecule has 6 heteroatoms. The number of halogens is 1. The maximum atomic E-state index is 13.9. The molecule has 0 radical (unpaired) electrons. The lowest BCUT2D eigenvalue weighted by atomic mass is 9.83. The second kappa shape index (κ2) is 9.12. The van der Waals surface area contributed by atoms with Gasteiger partial charge in [0.2, 0.25) is 0 Å². The summed E-state index contributed by atoms with van der Waals surface area (Å²) in [6, 6.07) is 28.1. The van der Waals surface area contributed by atoms with Crippen LogP contribution in [0.3, 0.4) is 0 Å². The minimum atomic E-state index is -0.181. The maximum absolute atomic E-state index is 13.9. The Kier molecular flexibility index (Phi) is 5.57. The van der Waals surface area contributed by atoms with Gasteiger partial charge in [-0.3, -0.25) is 9.36 Å². The lowest BCUT2D eigenvalue weighted by molar-refractivity contribution is 0.570. The van der Waals surface area contributed by atoms with Gasteiger partial charge in [-0.2, -0.15) is 0 Å². The predicted molar refractivity (Wildman–Crippen MR) is 153 cm³/mol. The third-order valence-electron chi connectivity index (χ3n) is 7.35. The fourth-order valence-electron chi connectivity index (χ4n) is 5.52. The van der Waals surface area contributed by atoms with Crippen molar-refractivity contribution >= 4 is 34.7 Å². The Morgan fingerprint density at radius 1 is 0.974 bits per heavy atom. The molecule has 0 fully saturated rings. The Hall–Kier alpha value is -3.93. The summed E-state index contributed by atoms with van der Waals surface area (Å²) < 4.78 is 8.62. The van der Waals surface area contributed by atoms with Crippen molar-refractivity contribution in [3.63, 3.8) is 0 Å². The molecule has 5 aromatic rings. The van der Waals surface area contributed by atoms with Crippen molar-refractivity contribution in [3.8, 4) is 11.3 Å². The van der Waals surface area contributed by atoms with Crippen molar-refractivity contribution in [3.05, 3.63) is 143 Å². The van der Waals surface area contributed by atoms with E-state index >= 15 is 0 Å². The van der Waals surface area contributed by atoms with E-state index < -0.39 is 0 Å². The Bertz CT molecular complexity index is 1930. The molecule has 1 aliphatic heterocycles. The smallest absolute Gasteiger partial charge is 0.271 e. The normalized spacial score (nSPS) is 16.6. The van der Waals surface area contributed by atoms with Gasteiger partial charge in [-0.1, -0.05) is 83.6 Å². The lowest BCUT2D eigenvalue weighted by Gasteiger charge is -2.30. The monoisotopic (exact) mass is 534 g/mol. The fourth-order valence-corrected chi connectivity index (χ4v) is 6.67. The molecule has 4 nitrogen and oxygen atoms in total. The van der Waals surface area contributed by atoms with Crippen LogP contribution in [0.25, 0.3) is 23.1 Å². The van der Waals surface area contributed by atoms with E-state index in [2.05, 4.69) is 36.4 Å². The molecule has 0 N–H and O–H groups in total. The van der Waals surface area contributed by atoms with Crippen LogP contribution >= 0.6 is 22.9 Å². The molecule has 0 saturated heterocycles. The number of aromatic nitrogens is 1. The minimum Gasteiger partial charge on any atom is -0.457 e. The Labute approximate surface area is 228 Å². The highest BCUT2D eigenvalue weighted by atomic mass is 35.5. The average molecular weight is 535 g/mol. The molecule has 3 aromatic carbocycles. The van der Waals surface area contributed by atoms with Crippen LogP contribution in [0.2, 0.25) is 5.02 Å². The molecule has 3 heterocycles. The van der Waals surface area contributed by atoms with Crippen LogP contribution in [0.5, 0.6) is 0 Å². The molecule has 7 rings (SSSR count). The van der Waals surface area contributed by atoms with Crippen LogP contribution in [0.4, 0.5) is 0 Å². The summed E-state index contributed by atoms with van der Waals surface area (Å²) in [5.41, 5.74) is 7.73. The van der Waals surface area contributed by atoms with Crippen molar-refractivity contribution in [1.29, 1.82) is 0 Å². The summed E-state index contributed by atoms with van der Waals surface area (Å²) in [5, 5.41) is 0.656. The molecular weight excluding hydrogens is 512 g/mol. The first-order chi connectivity index (χ1) is 18.6. The van der Waals surface area contributed by atoms with E-state index in [-0.39, 0.29) is 11.6 Å². The van der Waals surface area contributed by atoms with Crippen LogP contribution in [0.15, 0.2) is 105 Å². The van der Waals surface area contributed by atoms with E-state index in [9.17, 15) is 4.79 Å². The molecule has 1 aliphatic carbocycles. The van der Waals surface area contributed by atoms with Crippen LogP contribution in [0.1, 0.15) is 40.5 Å². The number of nitrogens with zero attached hydrogens (tertiary/aromatic N) is 2. The fraction of sp³-hybridized carbons (Fsp3) is 0.125. The first-order valence-electron chi connectivity index (χ1n) is 12.6.